The van der Waals surface area contributed by atoms with Gasteiger partial charge in [-0.3, -0.25) is 9.59 Å². The Morgan fingerprint density at radius 1 is 1.38 bits per heavy atom. The van der Waals surface area contributed by atoms with E-state index in [0.717, 1.165) is 12.0 Å². The van der Waals surface area contributed by atoms with Gasteiger partial charge < -0.3 is 15.0 Å². The van der Waals surface area contributed by atoms with Gasteiger partial charge in [-0.15, -0.1) is 11.8 Å². The molecule has 2 fully saturated rings. The Morgan fingerprint density at radius 2 is 2.08 bits per heavy atom. The van der Waals surface area contributed by atoms with Gasteiger partial charge >= 0.3 is 6.18 Å². The zero-order valence-corrected chi connectivity index (χ0v) is 15.0. The van der Waals surface area contributed by atoms with Gasteiger partial charge in [0.1, 0.15) is 11.8 Å². The minimum absolute atomic E-state index is 0.00353. The third-order valence-electron chi connectivity index (χ3n) is 4.54. The maximum absolute atomic E-state index is 12.5. The fourth-order valence-corrected chi connectivity index (χ4v) is 4.62. The van der Waals surface area contributed by atoms with E-state index in [9.17, 15) is 22.8 Å². The number of carbonyl (C=O) groups is 2. The van der Waals surface area contributed by atoms with Crippen molar-refractivity contribution in [2.75, 3.05) is 12.4 Å². The predicted octanol–water partition coefficient (Wildman–Crippen LogP) is 2.70. The lowest BCUT2D eigenvalue weighted by atomic mass is 10.2. The average molecular weight is 388 g/mol. The number of ether oxygens (including phenoxy) is 1. The number of thioether (sulfide) groups is 1. The van der Waals surface area contributed by atoms with Gasteiger partial charge in [0, 0.05) is 18.7 Å². The van der Waals surface area contributed by atoms with Crippen molar-refractivity contribution in [1.29, 1.82) is 0 Å². The second-order valence-electron chi connectivity index (χ2n) is 6.53. The molecule has 2 amide bonds. The molecule has 142 valence electrons. The zero-order chi connectivity index (χ0) is 18.9. The van der Waals surface area contributed by atoms with Crippen LogP contribution in [0.3, 0.4) is 0 Å². The van der Waals surface area contributed by atoms with Crippen LogP contribution in [0.15, 0.2) is 24.3 Å². The van der Waals surface area contributed by atoms with Crippen LogP contribution in [0, 0.1) is 0 Å². The molecule has 0 bridgehead atoms. The van der Waals surface area contributed by atoms with Crippen LogP contribution in [0.4, 0.5) is 13.2 Å². The summed E-state index contributed by atoms with van der Waals surface area (Å²) in [4.78, 5) is 25.9. The quantitative estimate of drug-likeness (QED) is 0.843. The first-order valence-corrected chi connectivity index (χ1v) is 9.19. The maximum atomic E-state index is 12.5. The number of halogens is 3. The van der Waals surface area contributed by atoms with Gasteiger partial charge in [-0.25, -0.2) is 0 Å². The largest absolute Gasteiger partial charge is 0.484 e. The lowest BCUT2D eigenvalue weighted by Crippen LogP contribution is -2.49. The van der Waals surface area contributed by atoms with E-state index in [1.807, 2.05) is 6.92 Å². The van der Waals surface area contributed by atoms with Crippen LogP contribution < -0.4 is 10.1 Å². The van der Waals surface area contributed by atoms with Crippen molar-refractivity contribution in [3.63, 3.8) is 0 Å². The summed E-state index contributed by atoms with van der Waals surface area (Å²) in [5, 5.41) is 2.80. The summed E-state index contributed by atoms with van der Waals surface area (Å²) in [6.45, 7) is 0.874. The predicted molar refractivity (Wildman–Crippen MR) is 90.6 cm³/mol. The third kappa shape index (κ3) is 4.08. The summed E-state index contributed by atoms with van der Waals surface area (Å²) in [6, 6.07) is 5.58. The number of fused-ring (bicyclic) bond motifs is 1. The van der Waals surface area contributed by atoms with E-state index in [4.69, 9.17) is 0 Å². The van der Waals surface area contributed by atoms with Gasteiger partial charge in [0.25, 0.3) is 0 Å². The van der Waals surface area contributed by atoms with E-state index < -0.39 is 18.8 Å². The zero-order valence-electron chi connectivity index (χ0n) is 14.1. The Hall–Kier alpha value is -1.90. The molecule has 2 saturated heterocycles. The summed E-state index contributed by atoms with van der Waals surface area (Å²) >= 11 is 1.62. The fraction of sp³-hybridized carbons (Fsp3) is 0.529. The SMILES string of the molecule is C[C@]12CCC(=O)N1[C@H](C(=O)NCc1ccc(OCC(F)(F)F)cc1)CS2. The first-order chi connectivity index (χ1) is 12.2. The number of rotatable bonds is 5. The Morgan fingerprint density at radius 3 is 2.73 bits per heavy atom. The molecule has 3 rings (SSSR count). The molecule has 5 nitrogen and oxygen atoms in total. The van der Waals surface area contributed by atoms with Crippen LogP contribution in [-0.4, -0.2) is 46.2 Å². The van der Waals surface area contributed by atoms with Crippen molar-refractivity contribution < 1.29 is 27.5 Å². The molecule has 0 unspecified atom stereocenters. The van der Waals surface area contributed by atoms with E-state index in [-0.39, 0.29) is 29.0 Å². The van der Waals surface area contributed by atoms with Crippen LogP contribution in [-0.2, 0) is 16.1 Å². The average Bonchev–Trinajstić information content (AvgIpc) is 3.07. The summed E-state index contributed by atoms with van der Waals surface area (Å²) < 4.78 is 41.0. The lowest BCUT2D eigenvalue weighted by Gasteiger charge is -2.29. The first kappa shape index (κ1) is 18.9. The molecule has 0 radical (unpaired) electrons. The third-order valence-corrected chi connectivity index (χ3v) is 6.05. The van der Waals surface area contributed by atoms with Gasteiger partial charge in [-0.2, -0.15) is 13.2 Å². The van der Waals surface area contributed by atoms with Crippen LogP contribution in [0.1, 0.15) is 25.3 Å². The molecule has 2 aliphatic heterocycles. The number of nitrogens with zero attached hydrogens (tertiary/aromatic N) is 1. The molecule has 9 heteroatoms. The lowest BCUT2D eigenvalue weighted by molar-refractivity contribution is -0.153. The molecule has 0 aliphatic carbocycles. The smallest absolute Gasteiger partial charge is 0.422 e. The molecule has 0 aromatic heterocycles. The number of nitrogens with one attached hydrogen (secondary N) is 1. The second kappa shape index (κ2) is 7.02. The minimum Gasteiger partial charge on any atom is -0.484 e. The van der Waals surface area contributed by atoms with Crippen molar-refractivity contribution >= 4 is 23.6 Å². The van der Waals surface area contributed by atoms with E-state index in [0.29, 0.717) is 12.2 Å². The highest BCUT2D eigenvalue weighted by Crippen LogP contribution is 2.47. The molecule has 26 heavy (non-hydrogen) atoms. The number of benzene rings is 1. The number of hydrogen-bond donors (Lipinski definition) is 1. The molecule has 2 heterocycles. The Labute approximate surface area is 153 Å². The number of amides is 2. The molecule has 1 aromatic rings. The topological polar surface area (TPSA) is 58.6 Å². The molecule has 1 N–H and O–H groups in total. The van der Waals surface area contributed by atoms with E-state index >= 15 is 0 Å². The molecular formula is C17H19F3N2O3S. The van der Waals surface area contributed by atoms with E-state index in [2.05, 4.69) is 10.1 Å². The van der Waals surface area contributed by atoms with Gasteiger partial charge in [-0.1, -0.05) is 12.1 Å². The molecule has 0 spiro atoms. The van der Waals surface area contributed by atoms with Gasteiger partial charge in [0.15, 0.2) is 6.61 Å². The van der Waals surface area contributed by atoms with Crippen LogP contribution in [0.5, 0.6) is 5.75 Å². The Balaban J connectivity index is 1.53. The van der Waals surface area contributed by atoms with Crippen molar-refractivity contribution in [1.82, 2.24) is 10.2 Å². The van der Waals surface area contributed by atoms with E-state index in [1.54, 1.807) is 28.8 Å². The standard InChI is InChI=1S/C17H19F3N2O3S/c1-16-7-6-14(23)22(16)13(9-26-16)15(24)21-8-11-2-4-12(5-3-11)25-10-17(18,19)20/h2-5,13H,6-10H2,1H3,(H,21,24)/t13-,16-/m0/s1. The molecular weight excluding hydrogens is 369 g/mol. The van der Waals surface area contributed by atoms with Crippen LogP contribution in [0.25, 0.3) is 0 Å². The number of alkyl halides is 3. The Bertz CT molecular complexity index is 695. The first-order valence-electron chi connectivity index (χ1n) is 8.20. The van der Waals surface area contributed by atoms with Crippen LogP contribution >= 0.6 is 11.8 Å². The summed E-state index contributed by atoms with van der Waals surface area (Å²) in [5.41, 5.74) is 0.735. The summed E-state index contributed by atoms with van der Waals surface area (Å²) in [7, 11) is 0. The van der Waals surface area contributed by atoms with Crippen molar-refractivity contribution in [2.45, 2.75) is 43.4 Å². The second-order valence-corrected chi connectivity index (χ2v) is 8.03. The van der Waals surface area contributed by atoms with Gasteiger partial charge in [0.05, 0.1) is 4.87 Å². The highest BCUT2D eigenvalue weighted by Gasteiger charge is 2.52. The summed E-state index contributed by atoms with van der Waals surface area (Å²) in [5.74, 6) is 0.471. The maximum Gasteiger partial charge on any atom is 0.422 e. The van der Waals surface area contributed by atoms with Crippen molar-refractivity contribution in [2.24, 2.45) is 0 Å². The normalized spacial score (nSPS) is 25.3. The minimum atomic E-state index is -4.38. The van der Waals surface area contributed by atoms with E-state index in [1.165, 1.54) is 12.1 Å². The van der Waals surface area contributed by atoms with Crippen molar-refractivity contribution in [3.05, 3.63) is 29.8 Å². The summed E-state index contributed by atoms with van der Waals surface area (Å²) in [6.07, 6.45) is -3.17. The van der Waals surface area contributed by atoms with Crippen molar-refractivity contribution in [3.8, 4) is 5.75 Å². The fourth-order valence-electron chi connectivity index (χ4n) is 3.19. The number of hydrogen-bond acceptors (Lipinski definition) is 4. The van der Waals surface area contributed by atoms with Crippen LogP contribution in [0.2, 0.25) is 0 Å². The van der Waals surface area contributed by atoms with Gasteiger partial charge in [0.2, 0.25) is 11.8 Å². The Kier molecular flexibility index (Phi) is 5.09. The molecule has 0 saturated carbocycles. The molecule has 2 aliphatic rings. The highest BCUT2D eigenvalue weighted by molar-refractivity contribution is 8.01. The molecule has 1 aromatic carbocycles. The number of carbonyl (C=O) groups excluding carboxylic acids is 2. The molecule has 2 atom stereocenters. The highest BCUT2D eigenvalue weighted by atomic mass is 32.2. The van der Waals surface area contributed by atoms with Gasteiger partial charge in [-0.05, 0) is 31.0 Å². The monoisotopic (exact) mass is 388 g/mol.